The molecule has 19 heavy (non-hydrogen) atoms. The van der Waals surface area contributed by atoms with Crippen molar-refractivity contribution in [1.29, 1.82) is 0 Å². The van der Waals surface area contributed by atoms with Gasteiger partial charge in [-0.15, -0.1) is 0 Å². The fourth-order valence-corrected chi connectivity index (χ4v) is 3.64. The van der Waals surface area contributed by atoms with Crippen LogP contribution in [-0.4, -0.2) is 13.6 Å². The average Bonchev–Trinajstić information content (AvgIpc) is 2.39. The standard InChI is InChI=1S/C15H20BrClFN/c1-9-3-4-10(8-19-2)12(7-9)11-5-6-13(16)14(17)15(11)18/h5-6,9-10,12,19H,3-4,7-8H2,1-2H3. The van der Waals surface area contributed by atoms with Crippen LogP contribution in [-0.2, 0) is 0 Å². The lowest BCUT2D eigenvalue weighted by atomic mass is 9.71. The number of benzene rings is 1. The lowest BCUT2D eigenvalue weighted by Crippen LogP contribution is -2.30. The summed E-state index contributed by atoms with van der Waals surface area (Å²) in [6, 6.07) is 3.74. The van der Waals surface area contributed by atoms with Gasteiger partial charge < -0.3 is 5.32 Å². The number of hydrogen-bond donors (Lipinski definition) is 1. The van der Waals surface area contributed by atoms with Crippen LogP contribution >= 0.6 is 27.5 Å². The van der Waals surface area contributed by atoms with Crippen LogP contribution in [0.2, 0.25) is 5.02 Å². The third kappa shape index (κ3) is 3.32. The predicted molar refractivity (Wildman–Crippen MR) is 82.3 cm³/mol. The summed E-state index contributed by atoms with van der Waals surface area (Å²) in [7, 11) is 1.96. The molecule has 0 radical (unpaired) electrons. The first-order chi connectivity index (χ1) is 9.04. The molecule has 1 nitrogen and oxygen atoms in total. The third-order valence-corrected chi connectivity index (χ3v) is 5.45. The Hall–Kier alpha value is -0.120. The molecular formula is C15H20BrClFN. The predicted octanol–water partition coefficient (Wildman–Crippen LogP) is 4.98. The Balaban J connectivity index is 2.33. The maximum Gasteiger partial charge on any atom is 0.146 e. The summed E-state index contributed by atoms with van der Waals surface area (Å²) in [5, 5.41) is 3.44. The zero-order valence-electron chi connectivity index (χ0n) is 11.3. The SMILES string of the molecule is CNCC1CCC(C)CC1c1ccc(Br)c(Cl)c1F. The zero-order valence-corrected chi connectivity index (χ0v) is 13.7. The van der Waals surface area contributed by atoms with Crippen molar-refractivity contribution >= 4 is 27.5 Å². The second-order valence-corrected chi connectivity index (χ2v) is 6.84. The summed E-state index contributed by atoms with van der Waals surface area (Å²) in [5.41, 5.74) is 0.778. The molecule has 1 aromatic rings. The smallest absolute Gasteiger partial charge is 0.146 e. The van der Waals surface area contributed by atoms with Crippen molar-refractivity contribution in [2.24, 2.45) is 11.8 Å². The molecule has 0 amide bonds. The molecule has 4 heteroatoms. The van der Waals surface area contributed by atoms with Gasteiger partial charge in [0.25, 0.3) is 0 Å². The number of hydrogen-bond acceptors (Lipinski definition) is 1. The number of halogens is 3. The van der Waals surface area contributed by atoms with E-state index in [2.05, 4.69) is 28.2 Å². The molecule has 0 spiro atoms. The molecule has 1 aromatic carbocycles. The lowest BCUT2D eigenvalue weighted by Gasteiger charge is -2.35. The van der Waals surface area contributed by atoms with Gasteiger partial charge in [0.05, 0.1) is 5.02 Å². The van der Waals surface area contributed by atoms with E-state index in [0.717, 1.165) is 24.9 Å². The summed E-state index contributed by atoms with van der Waals surface area (Å²) in [4.78, 5) is 0. The number of rotatable bonds is 3. The molecule has 106 valence electrons. The summed E-state index contributed by atoms with van der Waals surface area (Å²) in [5.74, 6) is 1.16. The van der Waals surface area contributed by atoms with Crippen molar-refractivity contribution in [1.82, 2.24) is 5.32 Å². The van der Waals surface area contributed by atoms with Gasteiger partial charge in [-0.2, -0.15) is 0 Å². The molecule has 0 bridgehead atoms. The van der Waals surface area contributed by atoms with Crippen LogP contribution in [0.3, 0.4) is 0 Å². The first kappa shape index (κ1) is 15.3. The molecule has 1 N–H and O–H groups in total. The molecular weight excluding hydrogens is 329 g/mol. The second-order valence-electron chi connectivity index (χ2n) is 5.61. The summed E-state index contributed by atoms with van der Waals surface area (Å²) < 4.78 is 15.0. The normalized spacial score (nSPS) is 27.5. The van der Waals surface area contributed by atoms with Crippen molar-refractivity contribution in [2.75, 3.05) is 13.6 Å². The monoisotopic (exact) mass is 347 g/mol. The van der Waals surface area contributed by atoms with Crippen LogP contribution < -0.4 is 5.32 Å². The van der Waals surface area contributed by atoms with Crippen molar-refractivity contribution in [3.63, 3.8) is 0 Å². The van der Waals surface area contributed by atoms with Gasteiger partial charge in [-0.3, -0.25) is 0 Å². The largest absolute Gasteiger partial charge is 0.319 e. The third-order valence-electron chi connectivity index (χ3n) is 4.19. The molecule has 1 fully saturated rings. The fraction of sp³-hybridized carbons (Fsp3) is 0.600. The maximum atomic E-state index is 14.4. The Kier molecular flexibility index (Phi) is 5.27. The Morgan fingerprint density at radius 2 is 2.16 bits per heavy atom. The van der Waals surface area contributed by atoms with Crippen LogP contribution in [0.4, 0.5) is 4.39 Å². The minimum atomic E-state index is -0.253. The summed E-state index contributed by atoms with van der Waals surface area (Å²) in [6.07, 6.45) is 3.43. The molecule has 0 aromatic heterocycles. The molecule has 0 aliphatic heterocycles. The van der Waals surface area contributed by atoms with E-state index in [9.17, 15) is 4.39 Å². The van der Waals surface area contributed by atoms with Gasteiger partial charge >= 0.3 is 0 Å². The highest BCUT2D eigenvalue weighted by Crippen LogP contribution is 2.43. The topological polar surface area (TPSA) is 12.0 Å². The summed E-state index contributed by atoms with van der Waals surface area (Å²) in [6.45, 7) is 3.19. The van der Waals surface area contributed by atoms with E-state index in [0.29, 0.717) is 16.3 Å². The number of nitrogens with one attached hydrogen (secondary N) is 1. The molecule has 3 atom stereocenters. The highest BCUT2D eigenvalue weighted by Gasteiger charge is 2.31. The van der Waals surface area contributed by atoms with E-state index in [1.165, 1.54) is 6.42 Å². The van der Waals surface area contributed by atoms with Gasteiger partial charge in [-0.1, -0.05) is 31.0 Å². The quantitative estimate of drug-likeness (QED) is 0.760. The fourth-order valence-electron chi connectivity index (χ4n) is 3.16. The van der Waals surface area contributed by atoms with Crippen molar-refractivity contribution in [3.8, 4) is 0 Å². The van der Waals surface area contributed by atoms with Crippen LogP contribution in [0.5, 0.6) is 0 Å². The Morgan fingerprint density at radius 3 is 2.84 bits per heavy atom. The lowest BCUT2D eigenvalue weighted by molar-refractivity contribution is 0.241. The molecule has 1 aliphatic carbocycles. The molecule has 1 saturated carbocycles. The first-order valence-corrected chi connectivity index (χ1v) is 7.99. The van der Waals surface area contributed by atoms with E-state index in [4.69, 9.17) is 11.6 Å². The zero-order chi connectivity index (χ0) is 14.0. The van der Waals surface area contributed by atoms with Gasteiger partial charge in [0, 0.05) is 4.47 Å². The highest BCUT2D eigenvalue weighted by atomic mass is 79.9. The molecule has 0 saturated heterocycles. The first-order valence-electron chi connectivity index (χ1n) is 6.82. The summed E-state index contributed by atoms with van der Waals surface area (Å²) >= 11 is 9.30. The molecule has 2 rings (SSSR count). The van der Waals surface area contributed by atoms with Crippen LogP contribution in [0.1, 0.15) is 37.7 Å². The van der Waals surface area contributed by atoms with Gasteiger partial charge in [0.2, 0.25) is 0 Å². The van der Waals surface area contributed by atoms with E-state index < -0.39 is 0 Å². The minimum Gasteiger partial charge on any atom is -0.319 e. The van der Waals surface area contributed by atoms with Crippen LogP contribution in [0.15, 0.2) is 16.6 Å². The van der Waals surface area contributed by atoms with Gasteiger partial charge in [-0.05, 0) is 71.7 Å². The minimum absolute atomic E-state index is 0.207. The highest BCUT2D eigenvalue weighted by molar-refractivity contribution is 9.10. The van der Waals surface area contributed by atoms with E-state index >= 15 is 0 Å². The Morgan fingerprint density at radius 1 is 1.42 bits per heavy atom. The van der Waals surface area contributed by atoms with Gasteiger partial charge in [0.15, 0.2) is 0 Å². The second kappa shape index (κ2) is 6.55. The Labute approximate surface area is 128 Å². The maximum absolute atomic E-state index is 14.4. The van der Waals surface area contributed by atoms with Crippen LogP contribution in [0.25, 0.3) is 0 Å². The van der Waals surface area contributed by atoms with Crippen LogP contribution in [0, 0.1) is 17.7 Å². The molecule has 3 unspecified atom stereocenters. The van der Waals surface area contributed by atoms with E-state index in [1.54, 1.807) is 0 Å². The molecule has 0 heterocycles. The van der Waals surface area contributed by atoms with E-state index in [-0.39, 0.29) is 16.8 Å². The van der Waals surface area contributed by atoms with Crippen molar-refractivity contribution in [3.05, 3.63) is 33.0 Å². The van der Waals surface area contributed by atoms with Crippen molar-refractivity contribution in [2.45, 2.75) is 32.1 Å². The van der Waals surface area contributed by atoms with Gasteiger partial charge in [-0.25, -0.2) is 4.39 Å². The van der Waals surface area contributed by atoms with Gasteiger partial charge in [0.1, 0.15) is 5.82 Å². The van der Waals surface area contributed by atoms with E-state index in [1.807, 2.05) is 19.2 Å². The molecule has 1 aliphatic rings. The Bertz CT molecular complexity index is 452. The average molecular weight is 349 g/mol. The van der Waals surface area contributed by atoms with Crippen molar-refractivity contribution < 1.29 is 4.39 Å².